The lowest BCUT2D eigenvalue weighted by Gasteiger charge is -2.31. The van der Waals surface area contributed by atoms with Gasteiger partial charge in [-0.1, -0.05) is 13.8 Å². The molecule has 0 spiro atoms. The van der Waals surface area contributed by atoms with E-state index in [2.05, 4.69) is 24.1 Å². The van der Waals surface area contributed by atoms with Crippen molar-refractivity contribution in [1.82, 2.24) is 10.2 Å². The summed E-state index contributed by atoms with van der Waals surface area (Å²) in [4.78, 5) is 2.52. The fourth-order valence-electron chi connectivity index (χ4n) is 2.21. The van der Waals surface area contributed by atoms with Crippen LogP contribution in [0.2, 0.25) is 0 Å². The second kappa shape index (κ2) is 8.04. The zero-order chi connectivity index (χ0) is 11.8. The van der Waals surface area contributed by atoms with E-state index in [1.165, 1.54) is 32.5 Å². The predicted octanol–water partition coefficient (Wildman–Crippen LogP) is 1.59. The Morgan fingerprint density at radius 1 is 1.31 bits per heavy atom. The van der Waals surface area contributed by atoms with Gasteiger partial charge in [0.1, 0.15) is 0 Å². The Morgan fingerprint density at radius 2 is 2.00 bits per heavy atom. The molecule has 1 rings (SSSR count). The van der Waals surface area contributed by atoms with Gasteiger partial charge in [-0.05, 0) is 50.9 Å². The van der Waals surface area contributed by atoms with Crippen LogP contribution < -0.4 is 5.32 Å². The lowest BCUT2D eigenvalue weighted by Crippen LogP contribution is -2.39. The van der Waals surface area contributed by atoms with Crippen molar-refractivity contribution in [2.24, 2.45) is 11.8 Å². The molecule has 1 heterocycles. The molecule has 96 valence electrons. The molecule has 16 heavy (non-hydrogen) atoms. The predicted molar refractivity (Wildman–Crippen MR) is 68.7 cm³/mol. The largest absolute Gasteiger partial charge is 0.383 e. The van der Waals surface area contributed by atoms with Crippen LogP contribution in [0.25, 0.3) is 0 Å². The van der Waals surface area contributed by atoms with E-state index in [0.29, 0.717) is 0 Å². The summed E-state index contributed by atoms with van der Waals surface area (Å²) in [5.74, 6) is 1.65. The number of rotatable bonds is 7. The lowest BCUT2D eigenvalue weighted by atomic mass is 9.96. The van der Waals surface area contributed by atoms with Crippen LogP contribution in [0.1, 0.15) is 26.7 Å². The molecule has 0 aromatic heterocycles. The number of likely N-dealkylation sites (tertiary alicyclic amines) is 1. The maximum Gasteiger partial charge on any atom is 0.0589 e. The molecule has 1 saturated heterocycles. The summed E-state index contributed by atoms with van der Waals surface area (Å²) in [5.41, 5.74) is 0. The van der Waals surface area contributed by atoms with Crippen LogP contribution in [0, 0.1) is 11.8 Å². The molecule has 3 nitrogen and oxygen atoms in total. The summed E-state index contributed by atoms with van der Waals surface area (Å²) in [7, 11) is 1.78. The van der Waals surface area contributed by atoms with E-state index in [-0.39, 0.29) is 0 Å². The van der Waals surface area contributed by atoms with Gasteiger partial charge in [-0.3, -0.25) is 0 Å². The van der Waals surface area contributed by atoms with Gasteiger partial charge in [-0.2, -0.15) is 0 Å². The van der Waals surface area contributed by atoms with Gasteiger partial charge in [0.2, 0.25) is 0 Å². The zero-order valence-electron chi connectivity index (χ0n) is 11.2. The number of methoxy groups -OCH3 is 1. The van der Waals surface area contributed by atoms with Gasteiger partial charge < -0.3 is 15.0 Å². The SMILES string of the molecule is COCCN1CCC(CNCC(C)C)CC1. The molecule has 0 aromatic carbocycles. The maximum absolute atomic E-state index is 5.11. The van der Waals surface area contributed by atoms with Crippen molar-refractivity contribution in [3.63, 3.8) is 0 Å². The number of hydrogen-bond donors (Lipinski definition) is 1. The van der Waals surface area contributed by atoms with Crippen molar-refractivity contribution >= 4 is 0 Å². The molecule has 1 aliphatic heterocycles. The van der Waals surface area contributed by atoms with Gasteiger partial charge in [0.05, 0.1) is 6.61 Å². The number of nitrogens with one attached hydrogen (secondary N) is 1. The molecule has 0 atom stereocenters. The molecule has 0 bridgehead atoms. The summed E-state index contributed by atoms with van der Waals surface area (Å²) in [6.07, 6.45) is 2.68. The van der Waals surface area contributed by atoms with Crippen LogP contribution in [0.4, 0.5) is 0 Å². The van der Waals surface area contributed by atoms with Gasteiger partial charge in [-0.15, -0.1) is 0 Å². The minimum absolute atomic E-state index is 0.766. The van der Waals surface area contributed by atoms with E-state index in [1.54, 1.807) is 7.11 Å². The Bertz CT molecular complexity index is 165. The second-order valence-electron chi connectivity index (χ2n) is 5.33. The van der Waals surface area contributed by atoms with Crippen LogP contribution in [-0.4, -0.2) is 51.3 Å². The molecule has 0 unspecified atom stereocenters. The first-order valence-corrected chi connectivity index (χ1v) is 6.64. The minimum Gasteiger partial charge on any atom is -0.383 e. The smallest absolute Gasteiger partial charge is 0.0589 e. The van der Waals surface area contributed by atoms with E-state index >= 15 is 0 Å². The van der Waals surface area contributed by atoms with Crippen LogP contribution in [0.5, 0.6) is 0 Å². The highest BCUT2D eigenvalue weighted by Crippen LogP contribution is 2.15. The highest BCUT2D eigenvalue weighted by molar-refractivity contribution is 4.73. The third-order valence-electron chi connectivity index (χ3n) is 3.30. The lowest BCUT2D eigenvalue weighted by molar-refractivity contribution is 0.120. The minimum atomic E-state index is 0.766. The Kier molecular flexibility index (Phi) is 7.01. The summed E-state index contributed by atoms with van der Waals surface area (Å²) in [5, 5.41) is 3.57. The van der Waals surface area contributed by atoms with Crippen molar-refractivity contribution in [3.8, 4) is 0 Å². The molecule has 0 radical (unpaired) electrons. The fourth-order valence-corrected chi connectivity index (χ4v) is 2.21. The molecule has 0 aromatic rings. The Balaban J connectivity index is 2.03. The first-order chi connectivity index (χ1) is 7.72. The average Bonchev–Trinajstić information content (AvgIpc) is 2.27. The van der Waals surface area contributed by atoms with Crippen molar-refractivity contribution in [2.45, 2.75) is 26.7 Å². The number of piperidine rings is 1. The van der Waals surface area contributed by atoms with Gasteiger partial charge in [0, 0.05) is 13.7 Å². The first kappa shape index (κ1) is 13.9. The van der Waals surface area contributed by atoms with E-state index in [9.17, 15) is 0 Å². The summed E-state index contributed by atoms with van der Waals surface area (Å²) >= 11 is 0. The highest BCUT2D eigenvalue weighted by atomic mass is 16.5. The third kappa shape index (κ3) is 5.83. The van der Waals surface area contributed by atoms with Gasteiger partial charge in [-0.25, -0.2) is 0 Å². The third-order valence-corrected chi connectivity index (χ3v) is 3.30. The van der Waals surface area contributed by atoms with E-state index in [1.807, 2.05) is 0 Å². The van der Waals surface area contributed by atoms with Crippen LogP contribution in [0.3, 0.4) is 0 Å². The van der Waals surface area contributed by atoms with Crippen LogP contribution in [0.15, 0.2) is 0 Å². The monoisotopic (exact) mass is 228 g/mol. The molecule has 3 heteroatoms. The summed E-state index contributed by atoms with van der Waals surface area (Å²) in [6.45, 7) is 11.4. The molecule has 0 amide bonds. The van der Waals surface area contributed by atoms with Gasteiger partial charge in [0.15, 0.2) is 0 Å². The van der Waals surface area contributed by atoms with Crippen molar-refractivity contribution in [1.29, 1.82) is 0 Å². The summed E-state index contributed by atoms with van der Waals surface area (Å²) in [6, 6.07) is 0. The number of nitrogens with zero attached hydrogens (tertiary/aromatic N) is 1. The van der Waals surface area contributed by atoms with E-state index < -0.39 is 0 Å². The average molecular weight is 228 g/mol. The standard InChI is InChI=1S/C13H28N2O/c1-12(2)10-14-11-13-4-6-15(7-5-13)8-9-16-3/h12-14H,4-11H2,1-3H3. The molecular formula is C13H28N2O. The fraction of sp³-hybridized carbons (Fsp3) is 1.00. The molecule has 1 aliphatic rings. The van der Waals surface area contributed by atoms with Crippen molar-refractivity contribution < 1.29 is 4.74 Å². The number of hydrogen-bond acceptors (Lipinski definition) is 3. The Morgan fingerprint density at radius 3 is 2.56 bits per heavy atom. The Hall–Kier alpha value is -0.120. The summed E-state index contributed by atoms with van der Waals surface area (Å²) < 4.78 is 5.11. The normalized spacial score (nSPS) is 19.5. The van der Waals surface area contributed by atoms with Crippen LogP contribution >= 0.6 is 0 Å². The number of ether oxygens (including phenoxy) is 1. The van der Waals surface area contributed by atoms with E-state index in [0.717, 1.165) is 31.5 Å². The van der Waals surface area contributed by atoms with Crippen molar-refractivity contribution in [2.75, 3.05) is 46.4 Å². The van der Waals surface area contributed by atoms with Gasteiger partial charge >= 0.3 is 0 Å². The molecule has 0 saturated carbocycles. The Labute approximate surface area is 101 Å². The quantitative estimate of drug-likeness (QED) is 0.716. The van der Waals surface area contributed by atoms with Crippen molar-refractivity contribution in [3.05, 3.63) is 0 Å². The highest BCUT2D eigenvalue weighted by Gasteiger charge is 2.18. The maximum atomic E-state index is 5.11. The zero-order valence-corrected chi connectivity index (χ0v) is 11.2. The molecule has 1 N–H and O–H groups in total. The first-order valence-electron chi connectivity index (χ1n) is 6.64. The van der Waals surface area contributed by atoms with E-state index in [4.69, 9.17) is 4.74 Å². The topological polar surface area (TPSA) is 24.5 Å². The molecule has 1 fully saturated rings. The molecule has 0 aliphatic carbocycles. The molecular weight excluding hydrogens is 200 g/mol. The van der Waals surface area contributed by atoms with Gasteiger partial charge in [0.25, 0.3) is 0 Å². The van der Waals surface area contributed by atoms with Crippen LogP contribution in [-0.2, 0) is 4.74 Å². The second-order valence-corrected chi connectivity index (χ2v) is 5.33.